The second kappa shape index (κ2) is 5.87. The molecule has 0 aromatic carbocycles. The summed E-state index contributed by atoms with van der Waals surface area (Å²) in [5.74, 6) is 0.178. The minimum absolute atomic E-state index is 0.178. The number of rotatable bonds is 3. The average molecular weight is 330 g/mol. The van der Waals surface area contributed by atoms with Gasteiger partial charge in [0.2, 0.25) is 0 Å². The van der Waals surface area contributed by atoms with Crippen LogP contribution in [0.4, 0.5) is 0 Å². The topological polar surface area (TPSA) is 50.2 Å². The highest BCUT2D eigenvalue weighted by Gasteiger charge is 2.56. The first kappa shape index (κ1) is 16.1. The van der Waals surface area contributed by atoms with E-state index in [9.17, 15) is 4.79 Å². The summed E-state index contributed by atoms with van der Waals surface area (Å²) in [6.45, 7) is 5.41. The van der Waals surface area contributed by atoms with Gasteiger partial charge in [0.25, 0.3) is 5.91 Å². The van der Waals surface area contributed by atoms with Crippen LogP contribution in [0.15, 0.2) is 6.07 Å². The zero-order valence-corrected chi connectivity index (χ0v) is 15.2. The summed E-state index contributed by atoms with van der Waals surface area (Å²) in [6.07, 6.45) is 8.14. The molecule has 5 heteroatoms. The monoisotopic (exact) mass is 330 g/mol. The molecule has 3 heterocycles. The van der Waals surface area contributed by atoms with Gasteiger partial charge in [0.1, 0.15) is 5.69 Å². The van der Waals surface area contributed by atoms with Crippen LogP contribution in [0.25, 0.3) is 0 Å². The normalized spacial score (nSPS) is 35.1. The second-order valence-corrected chi connectivity index (χ2v) is 8.28. The number of likely N-dealkylation sites (tertiary alicyclic amines) is 1. The van der Waals surface area contributed by atoms with Gasteiger partial charge in [-0.2, -0.15) is 5.10 Å². The molecular formula is C19H30N4O. The number of nitrogens with one attached hydrogen (secondary N) is 1. The predicted octanol–water partition coefficient (Wildman–Crippen LogP) is 2.51. The van der Waals surface area contributed by atoms with Crippen LogP contribution in [0.1, 0.15) is 68.6 Å². The lowest BCUT2D eigenvalue weighted by molar-refractivity contribution is 0.0275. The van der Waals surface area contributed by atoms with Crippen molar-refractivity contribution in [1.29, 1.82) is 0 Å². The Kier molecular flexibility index (Phi) is 3.94. The molecular weight excluding hydrogens is 300 g/mol. The Morgan fingerprint density at radius 1 is 1.42 bits per heavy atom. The van der Waals surface area contributed by atoms with Crippen molar-refractivity contribution in [3.63, 3.8) is 0 Å². The van der Waals surface area contributed by atoms with Crippen molar-refractivity contribution >= 4 is 5.91 Å². The number of nitrogens with zero attached hydrogens (tertiary/aromatic N) is 3. The van der Waals surface area contributed by atoms with Crippen molar-refractivity contribution in [3.05, 3.63) is 17.5 Å². The summed E-state index contributed by atoms with van der Waals surface area (Å²) >= 11 is 0. The Balaban J connectivity index is 1.65. The van der Waals surface area contributed by atoms with E-state index in [1.54, 1.807) is 4.68 Å². The number of piperidine rings is 1. The molecule has 1 aromatic heterocycles. The van der Waals surface area contributed by atoms with Gasteiger partial charge in [-0.15, -0.1) is 0 Å². The lowest BCUT2D eigenvalue weighted by atomic mass is 9.71. The quantitative estimate of drug-likeness (QED) is 0.926. The smallest absolute Gasteiger partial charge is 0.272 e. The lowest BCUT2D eigenvalue weighted by Gasteiger charge is -2.46. The molecule has 4 atom stereocenters. The van der Waals surface area contributed by atoms with E-state index in [1.165, 1.54) is 25.7 Å². The van der Waals surface area contributed by atoms with Gasteiger partial charge in [-0.25, -0.2) is 0 Å². The first-order valence-corrected chi connectivity index (χ1v) is 9.63. The van der Waals surface area contributed by atoms with E-state index in [-0.39, 0.29) is 11.3 Å². The summed E-state index contributed by atoms with van der Waals surface area (Å²) < 4.78 is 1.79. The van der Waals surface area contributed by atoms with Crippen LogP contribution in [0.2, 0.25) is 0 Å². The zero-order valence-electron chi connectivity index (χ0n) is 15.2. The highest BCUT2D eigenvalue weighted by Crippen LogP contribution is 2.49. The van der Waals surface area contributed by atoms with E-state index in [1.807, 2.05) is 13.1 Å². The molecule has 3 aliphatic rings. The molecule has 2 bridgehead atoms. The summed E-state index contributed by atoms with van der Waals surface area (Å²) in [6, 6.07) is 3.41. The van der Waals surface area contributed by atoms with Crippen molar-refractivity contribution in [3.8, 4) is 0 Å². The summed E-state index contributed by atoms with van der Waals surface area (Å²) in [5.41, 5.74) is 2.02. The van der Waals surface area contributed by atoms with Crippen molar-refractivity contribution in [1.82, 2.24) is 20.0 Å². The predicted molar refractivity (Wildman–Crippen MR) is 93.9 cm³/mol. The van der Waals surface area contributed by atoms with Crippen molar-refractivity contribution in [2.24, 2.45) is 12.5 Å². The van der Waals surface area contributed by atoms with Crippen LogP contribution in [-0.2, 0) is 13.5 Å². The summed E-state index contributed by atoms with van der Waals surface area (Å²) in [4.78, 5) is 15.5. The molecule has 3 fully saturated rings. The largest absolute Gasteiger partial charge is 0.332 e. The van der Waals surface area contributed by atoms with Crippen LogP contribution in [-0.4, -0.2) is 45.3 Å². The van der Waals surface area contributed by atoms with Gasteiger partial charge in [0, 0.05) is 37.1 Å². The van der Waals surface area contributed by atoms with E-state index in [0.717, 1.165) is 37.2 Å². The standard InChI is InChI=1S/C19H30N4O/c1-4-7-13-10-15(22(3)21-13)18(24)23-12-14-11-19(2)16(20-14)8-5-6-9-17(19)23/h10,14,16-17,20H,4-9,11-12H2,1-3H3/t14-,16-,17+,19-/m0/s1. The lowest BCUT2D eigenvalue weighted by Crippen LogP contribution is -2.56. The molecule has 1 saturated carbocycles. The molecule has 0 spiro atoms. The molecule has 5 nitrogen and oxygen atoms in total. The number of aromatic nitrogens is 2. The Labute approximate surface area is 144 Å². The molecule has 1 N–H and O–H groups in total. The first-order chi connectivity index (χ1) is 11.5. The molecule has 0 unspecified atom stereocenters. The van der Waals surface area contributed by atoms with Gasteiger partial charge < -0.3 is 10.2 Å². The minimum Gasteiger partial charge on any atom is -0.332 e. The maximum absolute atomic E-state index is 13.3. The Bertz CT molecular complexity index is 639. The zero-order chi connectivity index (χ0) is 16.9. The van der Waals surface area contributed by atoms with Gasteiger partial charge in [-0.1, -0.05) is 33.1 Å². The number of fused-ring (bicyclic) bond motifs is 1. The molecule has 1 aliphatic carbocycles. The van der Waals surface area contributed by atoms with E-state index < -0.39 is 0 Å². The van der Waals surface area contributed by atoms with Crippen LogP contribution in [0.3, 0.4) is 0 Å². The maximum atomic E-state index is 13.3. The number of carbonyl (C=O) groups is 1. The fraction of sp³-hybridized carbons (Fsp3) is 0.789. The van der Waals surface area contributed by atoms with Crippen molar-refractivity contribution < 1.29 is 4.79 Å². The third-order valence-electron chi connectivity index (χ3n) is 6.61. The molecule has 1 aromatic rings. The van der Waals surface area contributed by atoms with E-state index in [4.69, 9.17) is 0 Å². The van der Waals surface area contributed by atoms with Gasteiger partial charge in [0.05, 0.1) is 5.69 Å². The van der Waals surface area contributed by atoms with E-state index >= 15 is 0 Å². The van der Waals surface area contributed by atoms with Gasteiger partial charge in [-0.3, -0.25) is 9.48 Å². The Hall–Kier alpha value is -1.36. The molecule has 0 radical (unpaired) electrons. The summed E-state index contributed by atoms with van der Waals surface area (Å²) in [5, 5.41) is 8.36. The van der Waals surface area contributed by atoms with Crippen LogP contribution < -0.4 is 5.32 Å². The number of carbonyl (C=O) groups excluding carboxylic acids is 1. The molecule has 24 heavy (non-hydrogen) atoms. The van der Waals surface area contributed by atoms with Gasteiger partial charge in [0.15, 0.2) is 0 Å². The van der Waals surface area contributed by atoms with Crippen molar-refractivity contribution in [2.45, 2.75) is 76.9 Å². The van der Waals surface area contributed by atoms with E-state index in [2.05, 4.69) is 29.2 Å². The SMILES string of the molecule is CCCc1cc(C(=O)N2C[C@@H]3C[C@@]4(C)[C@H](CCCC[C@@H]24)N3)n(C)n1. The van der Waals surface area contributed by atoms with Crippen LogP contribution in [0, 0.1) is 5.41 Å². The molecule has 2 aliphatic heterocycles. The number of amides is 1. The second-order valence-electron chi connectivity index (χ2n) is 8.28. The first-order valence-electron chi connectivity index (χ1n) is 9.63. The maximum Gasteiger partial charge on any atom is 0.272 e. The number of hydrogen-bond acceptors (Lipinski definition) is 3. The summed E-state index contributed by atoms with van der Waals surface area (Å²) in [7, 11) is 1.90. The number of hydrogen-bond donors (Lipinski definition) is 1. The molecule has 2 saturated heterocycles. The Morgan fingerprint density at radius 3 is 3.00 bits per heavy atom. The molecule has 4 rings (SSSR count). The minimum atomic E-state index is 0.178. The third kappa shape index (κ3) is 2.40. The van der Waals surface area contributed by atoms with Gasteiger partial charge in [-0.05, 0) is 31.7 Å². The highest BCUT2D eigenvalue weighted by molar-refractivity contribution is 5.93. The number of aryl methyl sites for hydroxylation is 2. The molecule has 132 valence electrons. The average Bonchev–Trinajstić information content (AvgIpc) is 2.98. The third-order valence-corrected chi connectivity index (χ3v) is 6.61. The van der Waals surface area contributed by atoms with Crippen LogP contribution in [0.5, 0.6) is 0 Å². The Morgan fingerprint density at radius 2 is 2.21 bits per heavy atom. The van der Waals surface area contributed by atoms with Crippen molar-refractivity contribution in [2.75, 3.05) is 6.54 Å². The van der Waals surface area contributed by atoms with E-state index in [0.29, 0.717) is 18.1 Å². The fourth-order valence-electron chi connectivity index (χ4n) is 5.47. The van der Waals surface area contributed by atoms with Gasteiger partial charge >= 0.3 is 0 Å². The molecule has 1 amide bonds. The highest BCUT2D eigenvalue weighted by atomic mass is 16.2. The fourth-order valence-corrected chi connectivity index (χ4v) is 5.47. The van der Waals surface area contributed by atoms with Crippen LogP contribution >= 0.6 is 0 Å².